The van der Waals surface area contributed by atoms with E-state index in [-0.39, 0.29) is 25.7 Å². The standard InChI is InChI=1S/C23H32N6O9/c24-13(6-9-19(32)33)20(34)27-14(7-8-17(25)30)21(35)28-15(10-12-4-2-1-3-5-12)22(36)29-16(23(37)38)11-18(26)31/h1-5,13-16H,6-11,24H2,(H2,25,30)(H2,26,31)(H,27,34)(H,28,35)(H,29,36)(H,32,33)(H,37,38). The fourth-order valence-electron chi connectivity index (χ4n) is 3.25. The highest BCUT2D eigenvalue weighted by atomic mass is 16.4. The zero-order valence-corrected chi connectivity index (χ0v) is 20.4. The fraction of sp³-hybridized carbons (Fsp3) is 0.435. The molecule has 208 valence electrons. The van der Waals surface area contributed by atoms with Crippen molar-refractivity contribution >= 4 is 41.5 Å². The molecule has 0 aliphatic rings. The molecule has 0 aliphatic heterocycles. The second kappa shape index (κ2) is 15.6. The van der Waals surface area contributed by atoms with Gasteiger partial charge in [-0.05, 0) is 18.4 Å². The van der Waals surface area contributed by atoms with E-state index in [9.17, 15) is 38.7 Å². The first kappa shape index (κ1) is 31.5. The highest BCUT2D eigenvalue weighted by Crippen LogP contribution is 2.07. The summed E-state index contributed by atoms with van der Waals surface area (Å²) in [6.07, 6.45) is -2.01. The van der Waals surface area contributed by atoms with Crippen molar-refractivity contribution in [1.29, 1.82) is 0 Å². The summed E-state index contributed by atoms with van der Waals surface area (Å²) in [4.78, 5) is 83.2. The van der Waals surface area contributed by atoms with E-state index < -0.39 is 78.5 Å². The summed E-state index contributed by atoms with van der Waals surface area (Å²) in [5, 5.41) is 25.0. The number of aliphatic carboxylic acids is 2. The monoisotopic (exact) mass is 536 g/mol. The average molecular weight is 537 g/mol. The Bertz CT molecular complexity index is 1030. The molecule has 4 unspecified atom stereocenters. The zero-order valence-electron chi connectivity index (χ0n) is 20.4. The predicted molar refractivity (Wildman–Crippen MR) is 131 cm³/mol. The number of carboxylic acid groups (broad SMARTS) is 2. The first-order chi connectivity index (χ1) is 17.8. The third-order valence-corrected chi connectivity index (χ3v) is 5.25. The molecule has 0 fully saturated rings. The molecular weight excluding hydrogens is 504 g/mol. The van der Waals surface area contributed by atoms with Crippen molar-refractivity contribution in [1.82, 2.24) is 16.0 Å². The van der Waals surface area contributed by atoms with Crippen LogP contribution in [0.2, 0.25) is 0 Å². The molecule has 0 saturated heterocycles. The number of carboxylic acids is 2. The van der Waals surface area contributed by atoms with Crippen LogP contribution in [-0.2, 0) is 40.0 Å². The average Bonchev–Trinajstić information content (AvgIpc) is 2.83. The van der Waals surface area contributed by atoms with E-state index in [1.54, 1.807) is 30.3 Å². The third kappa shape index (κ3) is 11.9. The summed E-state index contributed by atoms with van der Waals surface area (Å²) in [6, 6.07) is 2.67. The molecule has 1 rings (SSSR count). The lowest BCUT2D eigenvalue weighted by Crippen LogP contribution is -2.58. The van der Waals surface area contributed by atoms with Gasteiger partial charge in [0, 0.05) is 19.3 Å². The van der Waals surface area contributed by atoms with Gasteiger partial charge in [0.15, 0.2) is 0 Å². The molecule has 15 heteroatoms. The van der Waals surface area contributed by atoms with Gasteiger partial charge in [-0.1, -0.05) is 30.3 Å². The molecular formula is C23H32N6O9. The maximum atomic E-state index is 13.1. The van der Waals surface area contributed by atoms with Crippen molar-refractivity contribution in [2.45, 2.75) is 62.7 Å². The molecule has 38 heavy (non-hydrogen) atoms. The van der Waals surface area contributed by atoms with E-state index in [1.807, 2.05) is 0 Å². The Balaban J connectivity index is 3.13. The lowest BCUT2D eigenvalue weighted by molar-refractivity contribution is -0.143. The SMILES string of the molecule is NC(=O)CCC(NC(=O)C(N)CCC(=O)O)C(=O)NC(Cc1ccccc1)C(=O)NC(CC(N)=O)C(=O)O. The van der Waals surface area contributed by atoms with Crippen molar-refractivity contribution in [2.24, 2.45) is 17.2 Å². The zero-order chi connectivity index (χ0) is 28.8. The van der Waals surface area contributed by atoms with E-state index in [2.05, 4.69) is 16.0 Å². The molecule has 0 spiro atoms. The molecule has 15 nitrogen and oxygen atoms in total. The molecule has 0 saturated carbocycles. The van der Waals surface area contributed by atoms with Crippen LogP contribution in [0.15, 0.2) is 30.3 Å². The number of rotatable bonds is 17. The Labute approximate surface area is 217 Å². The largest absolute Gasteiger partial charge is 0.481 e. The molecule has 0 radical (unpaired) electrons. The van der Waals surface area contributed by atoms with Crippen molar-refractivity contribution in [3.63, 3.8) is 0 Å². The maximum absolute atomic E-state index is 13.1. The Hall–Kier alpha value is -4.53. The van der Waals surface area contributed by atoms with Gasteiger partial charge in [-0.3, -0.25) is 28.8 Å². The van der Waals surface area contributed by atoms with E-state index >= 15 is 0 Å². The first-order valence-corrected chi connectivity index (χ1v) is 11.5. The number of carbonyl (C=O) groups is 7. The van der Waals surface area contributed by atoms with Crippen LogP contribution in [0.5, 0.6) is 0 Å². The molecule has 5 amide bonds. The van der Waals surface area contributed by atoms with Crippen LogP contribution in [-0.4, -0.2) is 75.9 Å². The number of hydrogen-bond acceptors (Lipinski definition) is 8. The molecule has 0 heterocycles. The van der Waals surface area contributed by atoms with E-state index in [0.29, 0.717) is 5.56 Å². The molecule has 0 bridgehead atoms. The van der Waals surface area contributed by atoms with Gasteiger partial charge in [0.05, 0.1) is 12.5 Å². The van der Waals surface area contributed by atoms with Crippen LogP contribution < -0.4 is 33.2 Å². The first-order valence-electron chi connectivity index (χ1n) is 11.5. The number of amides is 5. The molecule has 1 aromatic carbocycles. The van der Waals surface area contributed by atoms with Crippen molar-refractivity contribution in [3.05, 3.63) is 35.9 Å². The Morgan fingerprint density at radius 3 is 1.79 bits per heavy atom. The smallest absolute Gasteiger partial charge is 0.326 e. The molecule has 4 atom stereocenters. The fourth-order valence-corrected chi connectivity index (χ4v) is 3.25. The van der Waals surface area contributed by atoms with Crippen molar-refractivity contribution in [3.8, 4) is 0 Å². The van der Waals surface area contributed by atoms with Crippen LogP contribution in [0.25, 0.3) is 0 Å². The van der Waals surface area contributed by atoms with E-state index in [0.717, 1.165) is 0 Å². The van der Waals surface area contributed by atoms with Crippen molar-refractivity contribution < 1.29 is 43.8 Å². The normalized spacial score (nSPS) is 13.7. The number of primary amides is 2. The van der Waals surface area contributed by atoms with Crippen LogP contribution in [0, 0.1) is 0 Å². The van der Waals surface area contributed by atoms with E-state index in [1.165, 1.54) is 0 Å². The van der Waals surface area contributed by atoms with Gasteiger partial charge in [0.25, 0.3) is 0 Å². The second-order valence-electron chi connectivity index (χ2n) is 8.43. The van der Waals surface area contributed by atoms with Gasteiger partial charge in [-0.15, -0.1) is 0 Å². The Morgan fingerprint density at radius 1 is 0.711 bits per heavy atom. The van der Waals surface area contributed by atoms with Gasteiger partial charge in [0.1, 0.15) is 18.1 Å². The summed E-state index contributed by atoms with van der Waals surface area (Å²) in [5.74, 6) is -7.19. The van der Waals surface area contributed by atoms with Crippen LogP contribution in [0.1, 0.15) is 37.7 Å². The highest BCUT2D eigenvalue weighted by molar-refractivity contribution is 5.95. The van der Waals surface area contributed by atoms with Crippen LogP contribution in [0.3, 0.4) is 0 Å². The topological polar surface area (TPSA) is 274 Å². The number of carbonyl (C=O) groups excluding carboxylic acids is 5. The summed E-state index contributed by atoms with van der Waals surface area (Å²) in [6.45, 7) is 0. The summed E-state index contributed by atoms with van der Waals surface area (Å²) < 4.78 is 0. The number of benzene rings is 1. The maximum Gasteiger partial charge on any atom is 0.326 e. The third-order valence-electron chi connectivity index (χ3n) is 5.25. The van der Waals surface area contributed by atoms with Gasteiger partial charge in [-0.2, -0.15) is 0 Å². The molecule has 11 N–H and O–H groups in total. The van der Waals surface area contributed by atoms with Crippen LogP contribution >= 0.6 is 0 Å². The number of nitrogens with one attached hydrogen (secondary N) is 3. The minimum atomic E-state index is -1.66. The molecule has 0 aliphatic carbocycles. The quantitative estimate of drug-likeness (QED) is 0.100. The van der Waals surface area contributed by atoms with Gasteiger partial charge < -0.3 is 43.4 Å². The Kier molecular flexibility index (Phi) is 12.9. The van der Waals surface area contributed by atoms with Gasteiger partial charge >= 0.3 is 11.9 Å². The lowest BCUT2D eigenvalue weighted by Gasteiger charge is -2.25. The lowest BCUT2D eigenvalue weighted by atomic mass is 10.0. The minimum Gasteiger partial charge on any atom is -0.481 e. The van der Waals surface area contributed by atoms with E-state index in [4.69, 9.17) is 22.3 Å². The summed E-state index contributed by atoms with van der Waals surface area (Å²) >= 11 is 0. The summed E-state index contributed by atoms with van der Waals surface area (Å²) in [5.41, 5.74) is 16.5. The Morgan fingerprint density at radius 2 is 1.26 bits per heavy atom. The minimum absolute atomic E-state index is 0.101. The predicted octanol–water partition coefficient (Wildman–Crippen LogP) is -2.90. The number of nitrogens with two attached hydrogens (primary N) is 3. The highest BCUT2D eigenvalue weighted by Gasteiger charge is 2.31. The second-order valence-corrected chi connectivity index (χ2v) is 8.43. The summed E-state index contributed by atoms with van der Waals surface area (Å²) in [7, 11) is 0. The molecule has 0 aromatic heterocycles. The van der Waals surface area contributed by atoms with Gasteiger partial charge in [-0.25, -0.2) is 4.79 Å². The van der Waals surface area contributed by atoms with Crippen molar-refractivity contribution in [2.75, 3.05) is 0 Å². The molecule has 1 aromatic rings. The van der Waals surface area contributed by atoms with Gasteiger partial charge in [0.2, 0.25) is 29.5 Å². The van der Waals surface area contributed by atoms with Crippen LogP contribution in [0.4, 0.5) is 0 Å². The number of hydrogen-bond donors (Lipinski definition) is 8.